The van der Waals surface area contributed by atoms with Gasteiger partial charge in [0.2, 0.25) is 0 Å². The zero-order valence-corrected chi connectivity index (χ0v) is 13.8. The van der Waals surface area contributed by atoms with Crippen molar-refractivity contribution < 1.29 is 8.81 Å². The van der Waals surface area contributed by atoms with Crippen LogP contribution in [0.3, 0.4) is 0 Å². The molecule has 4 aromatic rings. The van der Waals surface area contributed by atoms with Crippen LogP contribution < -0.4 is 5.43 Å². The second-order valence-electron chi connectivity index (χ2n) is 5.03. The second-order valence-corrected chi connectivity index (χ2v) is 5.95. The van der Waals surface area contributed by atoms with Crippen LogP contribution in [0.1, 0.15) is 5.56 Å². The molecule has 2 heterocycles. The van der Waals surface area contributed by atoms with Gasteiger partial charge in [0.15, 0.2) is 11.4 Å². The minimum Gasteiger partial charge on any atom is -0.450 e. The molecule has 24 heavy (non-hydrogen) atoms. The molecule has 0 radical (unpaired) electrons. The number of hydrogen-bond acceptors (Lipinski definition) is 5. The molecule has 0 unspecified atom stereocenters. The number of rotatable bonds is 3. The van der Waals surface area contributed by atoms with Crippen LogP contribution in [0.5, 0.6) is 0 Å². The summed E-state index contributed by atoms with van der Waals surface area (Å²) >= 11 is 3.22. The first-order chi connectivity index (χ1) is 11.7. The summed E-state index contributed by atoms with van der Waals surface area (Å²) in [6.07, 6.45) is 2.82. The molecule has 0 spiro atoms. The van der Waals surface area contributed by atoms with Crippen LogP contribution in [0.25, 0.3) is 22.1 Å². The van der Waals surface area contributed by atoms with Gasteiger partial charge in [-0.1, -0.05) is 28.1 Å². The van der Waals surface area contributed by atoms with E-state index >= 15 is 0 Å². The van der Waals surface area contributed by atoms with E-state index in [4.69, 9.17) is 4.42 Å². The Kier molecular flexibility index (Phi) is 3.70. The quantitative estimate of drug-likeness (QED) is 0.409. The largest absolute Gasteiger partial charge is 0.450 e. The van der Waals surface area contributed by atoms with Gasteiger partial charge in [-0.15, -0.1) is 0 Å². The van der Waals surface area contributed by atoms with Gasteiger partial charge in [0.25, 0.3) is 0 Å². The summed E-state index contributed by atoms with van der Waals surface area (Å²) in [5, 5.41) is 4.95. The van der Waals surface area contributed by atoms with Crippen molar-refractivity contribution in [1.29, 1.82) is 0 Å². The Bertz CT molecular complexity index is 1080. The summed E-state index contributed by atoms with van der Waals surface area (Å²) in [6.45, 7) is 0. The van der Waals surface area contributed by atoms with E-state index in [2.05, 4.69) is 36.4 Å². The molecule has 0 aliphatic carbocycles. The van der Waals surface area contributed by atoms with Gasteiger partial charge in [0, 0.05) is 15.4 Å². The van der Waals surface area contributed by atoms with Crippen LogP contribution >= 0.6 is 15.9 Å². The van der Waals surface area contributed by atoms with Crippen molar-refractivity contribution >= 4 is 50.0 Å². The number of para-hydroxylation sites is 1. The Hall–Kier alpha value is -2.80. The standard InChI is InChI=1S/C17H10BrFN4O/c18-11-6-5-10(13(19)7-11)8-22-23-17-16-15(20-9-21-17)12-3-1-2-4-14(12)24-16/h1-9H,(H,20,21,23)/b22-8-. The van der Waals surface area contributed by atoms with Crippen molar-refractivity contribution in [2.24, 2.45) is 5.10 Å². The Labute approximate surface area is 144 Å². The summed E-state index contributed by atoms with van der Waals surface area (Å²) in [6, 6.07) is 12.3. The Morgan fingerprint density at radius 3 is 2.92 bits per heavy atom. The predicted molar refractivity (Wildman–Crippen MR) is 94.6 cm³/mol. The van der Waals surface area contributed by atoms with Gasteiger partial charge in [-0.2, -0.15) is 5.10 Å². The molecular weight excluding hydrogens is 375 g/mol. The van der Waals surface area contributed by atoms with Crippen LogP contribution in [0, 0.1) is 5.82 Å². The molecule has 0 aliphatic heterocycles. The average molecular weight is 385 g/mol. The van der Waals surface area contributed by atoms with E-state index in [1.165, 1.54) is 18.6 Å². The number of nitrogens with zero attached hydrogens (tertiary/aromatic N) is 3. The number of aromatic nitrogens is 2. The third-order valence-corrected chi connectivity index (χ3v) is 3.99. The lowest BCUT2D eigenvalue weighted by molar-refractivity contribution is 0.625. The first-order valence-corrected chi connectivity index (χ1v) is 7.88. The highest BCUT2D eigenvalue weighted by Gasteiger charge is 2.12. The molecule has 2 aromatic heterocycles. The third kappa shape index (κ3) is 2.63. The summed E-state index contributed by atoms with van der Waals surface area (Å²) in [7, 11) is 0. The maximum Gasteiger partial charge on any atom is 0.197 e. The first kappa shape index (κ1) is 14.8. The van der Waals surface area contributed by atoms with Crippen LogP contribution in [0.15, 0.2) is 62.8 Å². The molecule has 0 fully saturated rings. The van der Waals surface area contributed by atoms with Crippen LogP contribution in [-0.4, -0.2) is 16.2 Å². The number of hydrogen-bond donors (Lipinski definition) is 1. The van der Waals surface area contributed by atoms with E-state index in [1.54, 1.807) is 12.1 Å². The van der Waals surface area contributed by atoms with Crippen molar-refractivity contribution in [2.45, 2.75) is 0 Å². The monoisotopic (exact) mass is 384 g/mol. The predicted octanol–water partition coefficient (Wildman–Crippen LogP) is 4.72. The molecule has 0 amide bonds. The summed E-state index contributed by atoms with van der Waals surface area (Å²) < 4.78 is 20.2. The van der Waals surface area contributed by atoms with Gasteiger partial charge >= 0.3 is 0 Å². The number of halogens is 2. The fourth-order valence-corrected chi connectivity index (χ4v) is 2.71. The SMILES string of the molecule is Fc1cc(Br)ccc1/C=N\Nc1ncnc2c1oc1ccccc12. The van der Waals surface area contributed by atoms with Crippen molar-refractivity contribution in [3.05, 3.63) is 64.6 Å². The van der Waals surface area contributed by atoms with Crippen molar-refractivity contribution in [2.75, 3.05) is 5.43 Å². The van der Waals surface area contributed by atoms with E-state index in [-0.39, 0.29) is 5.82 Å². The molecule has 2 aromatic carbocycles. The fourth-order valence-electron chi connectivity index (χ4n) is 2.37. The number of furan rings is 1. The lowest BCUT2D eigenvalue weighted by Crippen LogP contribution is -1.96. The minimum absolute atomic E-state index is 0.362. The van der Waals surface area contributed by atoms with E-state index in [0.29, 0.717) is 27.0 Å². The number of anilines is 1. The van der Waals surface area contributed by atoms with Crippen LogP contribution in [0.4, 0.5) is 10.2 Å². The minimum atomic E-state index is -0.369. The molecule has 118 valence electrons. The van der Waals surface area contributed by atoms with Gasteiger partial charge in [0.05, 0.1) is 6.21 Å². The highest BCUT2D eigenvalue weighted by molar-refractivity contribution is 9.10. The summed E-state index contributed by atoms with van der Waals surface area (Å²) in [4.78, 5) is 8.40. The van der Waals surface area contributed by atoms with E-state index in [9.17, 15) is 4.39 Å². The van der Waals surface area contributed by atoms with E-state index in [0.717, 1.165) is 11.0 Å². The molecule has 7 heteroatoms. The van der Waals surface area contributed by atoms with Gasteiger partial charge in [0.1, 0.15) is 23.2 Å². The number of hydrazone groups is 1. The maximum absolute atomic E-state index is 13.8. The zero-order valence-electron chi connectivity index (χ0n) is 12.2. The highest BCUT2D eigenvalue weighted by atomic mass is 79.9. The summed E-state index contributed by atoms with van der Waals surface area (Å²) in [5.41, 5.74) is 5.08. The molecule has 4 rings (SSSR count). The Morgan fingerprint density at radius 1 is 1.17 bits per heavy atom. The number of nitrogens with one attached hydrogen (secondary N) is 1. The number of benzene rings is 2. The van der Waals surface area contributed by atoms with Crippen LogP contribution in [0.2, 0.25) is 0 Å². The molecule has 0 aliphatic rings. The highest BCUT2D eigenvalue weighted by Crippen LogP contribution is 2.30. The number of fused-ring (bicyclic) bond motifs is 3. The normalized spacial score (nSPS) is 11.6. The molecule has 5 nitrogen and oxygen atoms in total. The van der Waals surface area contributed by atoms with Crippen LogP contribution in [-0.2, 0) is 0 Å². The van der Waals surface area contributed by atoms with Crippen molar-refractivity contribution in [1.82, 2.24) is 9.97 Å². The second kappa shape index (κ2) is 6.01. The van der Waals surface area contributed by atoms with Gasteiger partial charge in [-0.3, -0.25) is 5.43 Å². The molecule has 0 atom stereocenters. The topological polar surface area (TPSA) is 63.3 Å². The first-order valence-electron chi connectivity index (χ1n) is 7.09. The molecule has 0 saturated carbocycles. The molecule has 0 bridgehead atoms. The fraction of sp³-hybridized carbons (Fsp3) is 0. The van der Waals surface area contributed by atoms with E-state index < -0.39 is 0 Å². The Balaban J connectivity index is 1.68. The van der Waals surface area contributed by atoms with Gasteiger partial charge < -0.3 is 4.42 Å². The van der Waals surface area contributed by atoms with E-state index in [1.807, 2.05) is 24.3 Å². The lowest BCUT2D eigenvalue weighted by atomic mass is 10.2. The zero-order chi connectivity index (χ0) is 16.5. The molecule has 1 N–H and O–H groups in total. The lowest BCUT2D eigenvalue weighted by Gasteiger charge is -2.00. The molecular formula is C17H10BrFN4O. The molecule has 0 saturated heterocycles. The third-order valence-electron chi connectivity index (χ3n) is 3.49. The smallest absolute Gasteiger partial charge is 0.197 e. The van der Waals surface area contributed by atoms with Crippen molar-refractivity contribution in [3.63, 3.8) is 0 Å². The average Bonchev–Trinajstić information content (AvgIpc) is 2.96. The maximum atomic E-state index is 13.8. The van der Waals surface area contributed by atoms with Gasteiger partial charge in [-0.05, 0) is 30.3 Å². The summed E-state index contributed by atoms with van der Waals surface area (Å²) in [5.74, 6) is 0.0523. The Morgan fingerprint density at radius 2 is 2.04 bits per heavy atom. The van der Waals surface area contributed by atoms with Gasteiger partial charge in [-0.25, -0.2) is 14.4 Å². The van der Waals surface area contributed by atoms with Crippen molar-refractivity contribution in [3.8, 4) is 0 Å².